The van der Waals surface area contributed by atoms with E-state index in [1.807, 2.05) is 13.0 Å². The number of hydrogen-bond acceptors (Lipinski definition) is 7. The molecule has 0 aromatic rings. The number of allylic oxidation sites excluding steroid dienone is 6. The van der Waals surface area contributed by atoms with Gasteiger partial charge in [0.1, 0.15) is 12.7 Å². The van der Waals surface area contributed by atoms with E-state index >= 15 is 0 Å². The molecular formula is C25H40O7. The van der Waals surface area contributed by atoms with Crippen LogP contribution in [0.4, 0.5) is 0 Å². The molecule has 0 saturated heterocycles. The molecule has 182 valence electrons. The lowest BCUT2D eigenvalue weighted by molar-refractivity contribution is -0.147. The predicted octanol–water partition coefficient (Wildman–Crippen LogP) is 2.50. The van der Waals surface area contributed by atoms with Gasteiger partial charge in [-0.15, -0.1) is 0 Å². The molecule has 32 heavy (non-hydrogen) atoms. The minimum absolute atomic E-state index is 0.194. The SMILES string of the molecule is CCC(O)C=CC=CCC(O)C=CC=CC=CC(O)CCCCCC(=O)OCC(O)CO. The van der Waals surface area contributed by atoms with E-state index in [-0.39, 0.29) is 13.0 Å². The molecule has 0 heterocycles. The van der Waals surface area contributed by atoms with E-state index in [9.17, 15) is 20.1 Å². The van der Waals surface area contributed by atoms with Crippen molar-refractivity contribution in [1.82, 2.24) is 0 Å². The number of carbonyl (C=O) groups excluding carboxylic acids is 1. The molecule has 4 unspecified atom stereocenters. The van der Waals surface area contributed by atoms with Crippen LogP contribution >= 0.6 is 0 Å². The van der Waals surface area contributed by atoms with Gasteiger partial charge in [0, 0.05) is 6.42 Å². The molecule has 0 saturated carbocycles. The monoisotopic (exact) mass is 452 g/mol. The summed E-state index contributed by atoms with van der Waals surface area (Å²) in [6.07, 6.45) is 19.0. The van der Waals surface area contributed by atoms with Crippen molar-refractivity contribution in [3.63, 3.8) is 0 Å². The molecule has 5 N–H and O–H groups in total. The maximum absolute atomic E-state index is 11.4. The zero-order valence-corrected chi connectivity index (χ0v) is 19.0. The van der Waals surface area contributed by atoms with Gasteiger partial charge < -0.3 is 30.3 Å². The largest absolute Gasteiger partial charge is 0.463 e. The lowest BCUT2D eigenvalue weighted by Gasteiger charge is -2.08. The quantitative estimate of drug-likeness (QED) is 0.123. The van der Waals surface area contributed by atoms with E-state index in [2.05, 4.69) is 0 Å². The number of hydrogen-bond donors (Lipinski definition) is 5. The molecule has 0 radical (unpaired) electrons. The van der Waals surface area contributed by atoms with Crippen LogP contribution in [0.1, 0.15) is 51.9 Å². The van der Waals surface area contributed by atoms with Crippen molar-refractivity contribution in [2.75, 3.05) is 13.2 Å². The van der Waals surface area contributed by atoms with Gasteiger partial charge in [-0.3, -0.25) is 4.79 Å². The van der Waals surface area contributed by atoms with Gasteiger partial charge in [-0.05, 0) is 25.7 Å². The fourth-order valence-electron chi connectivity index (χ4n) is 2.43. The number of carbonyl (C=O) groups is 1. The first-order chi connectivity index (χ1) is 15.4. The third kappa shape index (κ3) is 19.9. The highest BCUT2D eigenvalue weighted by Gasteiger charge is 2.07. The second kappa shape index (κ2) is 20.8. The van der Waals surface area contributed by atoms with Crippen molar-refractivity contribution in [1.29, 1.82) is 0 Å². The average molecular weight is 453 g/mol. The Morgan fingerprint density at radius 1 is 0.812 bits per heavy atom. The standard InChI is InChI=1S/C25H40O7/c1-2-21(27)13-9-5-10-16-22(28)14-7-3-4-8-15-23(29)17-11-6-12-18-25(31)32-20-24(30)19-26/h3-5,7-10,13-15,21-24,26-30H,2,6,11-12,16-20H2,1H3. The maximum Gasteiger partial charge on any atom is 0.305 e. The Balaban J connectivity index is 3.86. The van der Waals surface area contributed by atoms with Crippen LogP contribution < -0.4 is 0 Å². The summed E-state index contributed by atoms with van der Waals surface area (Å²) < 4.78 is 4.81. The van der Waals surface area contributed by atoms with Crippen molar-refractivity contribution in [2.24, 2.45) is 0 Å². The van der Waals surface area contributed by atoms with Crippen LogP contribution in [0, 0.1) is 0 Å². The van der Waals surface area contributed by atoms with E-state index in [1.165, 1.54) is 0 Å². The number of ether oxygens (including phenoxy) is 1. The highest BCUT2D eigenvalue weighted by molar-refractivity contribution is 5.69. The van der Waals surface area contributed by atoms with Gasteiger partial charge >= 0.3 is 5.97 Å². The fraction of sp³-hybridized carbons (Fsp3) is 0.560. The summed E-state index contributed by atoms with van der Waals surface area (Å²) in [5, 5.41) is 46.9. The summed E-state index contributed by atoms with van der Waals surface area (Å²) in [5.41, 5.74) is 0. The Labute approximate surface area is 191 Å². The van der Waals surface area contributed by atoms with Crippen LogP contribution in [0.15, 0.2) is 60.8 Å². The molecule has 7 heteroatoms. The Bertz CT molecular complexity index is 607. The molecule has 0 fully saturated rings. The van der Waals surface area contributed by atoms with Gasteiger partial charge in [0.05, 0.1) is 24.9 Å². The lowest BCUT2D eigenvalue weighted by Crippen LogP contribution is -2.21. The maximum atomic E-state index is 11.4. The molecule has 0 amide bonds. The third-order valence-corrected chi connectivity index (χ3v) is 4.40. The van der Waals surface area contributed by atoms with Crippen LogP contribution in [-0.2, 0) is 9.53 Å². The van der Waals surface area contributed by atoms with Gasteiger partial charge in [0.15, 0.2) is 0 Å². The zero-order valence-electron chi connectivity index (χ0n) is 19.0. The second-order valence-electron chi connectivity index (χ2n) is 7.43. The average Bonchev–Trinajstić information content (AvgIpc) is 2.78. The van der Waals surface area contributed by atoms with Crippen molar-refractivity contribution < 1.29 is 35.1 Å². The number of aliphatic hydroxyl groups is 5. The summed E-state index contributed by atoms with van der Waals surface area (Å²) in [4.78, 5) is 11.4. The van der Waals surface area contributed by atoms with E-state index in [0.717, 1.165) is 12.8 Å². The molecule has 0 aliphatic heterocycles. The summed E-state index contributed by atoms with van der Waals surface area (Å²) >= 11 is 0. The van der Waals surface area contributed by atoms with Crippen molar-refractivity contribution in [3.8, 4) is 0 Å². The summed E-state index contributed by atoms with van der Waals surface area (Å²) in [6.45, 7) is 1.27. The van der Waals surface area contributed by atoms with Gasteiger partial charge in [-0.2, -0.15) is 0 Å². The molecule has 7 nitrogen and oxygen atoms in total. The van der Waals surface area contributed by atoms with Crippen molar-refractivity contribution >= 4 is 5.97 Å². The molecule has 0 aromatic heterocycles. The highest BCUT2D eigenvalue weighted by Crippen LogP contribution is 2.08. The smallest absolute Gasteiger partial charge is 0.305 e. The van der Waals surface area contributed by atoms with E-state index in [1.54, 1.807) is 54.7 Å². The topological polar surface area (TPSA) is 127 Å². The summed E-state index contributed by atoms with van der Waals surface area (Å²) in [6, 6.07) is 0. The Kier molecular flexibility index (Phi) is 19.5. The van der Waals surface area contributed by atoms with E-state index < -0.39 is 37.0 Å². The molecule has 0 aromatic carbocycles. The molecule has 4 atom stereocenters. The Hall–Kier alpha value is -2.03. The van der Waals surface area contributed by atoms with Crippen LogP contribution in [0.2, 0.25) is 0 Å². The first-order valence-corrected chi connectivity index (χ1v) is 11.2. The van der Waals surface area contributed by atoms with Crippen molar-refractivity contribution in [3.05, 3.63) is 60.8 Å². The summed E-state index contributed by atoms with van der Waals surface area (Å²) in [5.74, 6) is -0.402. The normalized spacial score (nSPS) is 16.6. The molecule has 0 spiro atoms. The number of unbranched alkanes of at least 4 members (excludes halogenated alkanes) is 2. The van der Waals surface area contributed by atoms with Gasteiger partial charge in [0.2, 0.25) is 0 Å². The molecule has 0 aliphatic carbocycles. The van der Waals surface area contributed by atoms with Crippen LogP contribution in [0.5, 0.6) is 0 Å². The lowest BCUT2D eigenvalue weighted by atomic mass is 10.1. The van der Waals surface area contributed by atoms with Crippen LogP contribution in [0.25, 0.3) is 0 Å². The predicted molar refractivity (Wildman–Crippen MR) is 126 cm³/mol. The number of rotatable bonds is 18. The summed E-state index contributed by atoms with van der Waals surface area (Å²) in [7, 11) is 0. The number of esters is 1. The first kappa shape index (κ1) is 30.0. The zero-order chi connectivity index (χ0) is 24.0. The first-order valence-electron chi connectivity index (χ1n) is 11.2. The molecule has 0 rings (SSSR count). The minimum Gasteiger partial charge on any atom is -0.463 e. The Morgan fingerprint density at radius 2 is 1.44 bits per heavy atom. The highest BCUT2D eigenvalue weighted by atomic mass is 16.5. The van der Waals surface area contributed by atoms with Crippen molar-refractivity contribution in [2.45, 2.75) is 76.3 Å². The third-order valence-electron chi connectivity index (χ3n) is 4.40. The van der Waals surface area contributed by atoms with Gasteiger partial charge in [-0.25, -0.2) is 0 Å². The molecule has 0 bridgehead atoms. The fourth-order valence-corrected chi connectivity index (χ4v) is 2.43. The minimum atomic E-state index is -1.04. The van der Waals surface area contributed by atoms with Gasteiger partial charge in [-0.1, -0.05) is 80.5 Å². The van der Waals surface area contributed by atoms with Gasteiger partial charge in [0.25, 0.3) is 0 Å². The second-order valence-corrected chi connectivity index (χ2v) is 7.43. The van der Waals surface area contributed by atoms with Crippen LogP contribution in [-0.4, -0.2) is 69.1 Å². The molecule has 0 aliphatic rings. The van der Waals surface area contributed by atoms with E-state index in [0.29, 0.717) is 25.7 Å². The molecular weight excluding hydrogens is 412 g/mol. The Morgan fingerprint density at radius 3 is 2.09 bits per heavy atom. The van der Waals surface area contributed by atoms with E-state index in [4.69, 9.17) is 14.9 Å². The van der Waals surface area contributed by atoms with Crippen LogP contribution in [0.3, 0.4) is 0 Å². The number of aliphatic hydroxyl groups excluding tert-OH is 5.